The first-order valence-electron chi connectivity index (χ1n) is 6.30. The standard InChI is InChI=1S/C14H24N2/c1-4-6-11-16(5-2)14-10-8-7-9-13(14)12-15-3/h7-10,15H,4-6,11-12H2,1-3H3. The Labute approximate surface area is 99.7 Å². The van der Waals surface area contributed by atoms with Crippen LogP contribution in [0.1, 0.15) is 32.3 Å². The average Bonchev–Trinajstić information content (AvgIpc) is 2.32. The lowest BCUT2D eigenvalue weighted by Crippen LogP contribution is -2.25. The summed E-state index contributed by atoms with van der Waals surface area (Å²) in [6.07, 6.45) is 2.52. The molecule has 0 saturated heterocycles. The predicted molar refractivity (Wildman–Crippen MR) is 72.0 cm³/mol. The number of nitrogens with zero attached hydrogens (tertiary/aromatic N) is 1. The highest BCUT2D eigenvalue weighted by atomic mass is 15.1. The Hall–Kier alpha value is -1.02. The summed E-state index contributed by atoms with van der Waals surface area (Å²) in [6, 6.07) is 8.68. The first-order chi connectivity index (χ1) is 7.83. The Kier molecular flexibility index (Phi) is 5.94. The quantitative estimate of drug-likeness (QED) is 0.760. The van der Waals surface area contributed by atoms with Gasteiger partial charge in [0.1, 0.15) is 0 Å². The molecule has 0 amide bonds. The van der Waals surface area contributed by atoms with Crippen molar-refractivity contribution in [1.29, 1.82) is 0 Å². The van der Waals surface area contributed by atoms with Gasteiger partial charge in [-0.3, -0.25) is 0 Å². The SMILES string of the molecule is CCCCN(CC)c1ccccc1CNC. The van der Waals surface area contributed by atoms with Gasteiger partial charge in [0.25, 0.3) is 0 Å². The van der Waals surface area contributed by atoms with E-state index in [-0.39, 0.29) is 0 Å². The smallest absolute Gasteiger partial charge is 0.0411 e. The number of rotatable bonds is 7. The lowest BCUT2D eigenvalue weighted by molar-refractivity contribution is 0.723. The largest absolute Gasteiger partial charge is 0.372 e. The highest BCUT2D eigenvalue weighted by molar-refractivity contribution is 5.53. The normalized spacial score (nSPS) is 10.4. The first kappa shape index (κ1) is 13.0. The van der Waals surface area contributed by atoms with E-state index in [0.717, 1.165) is 19.6 Å². The first-order valence-corrected chi connectivity index (χ1v) is 6.30. The van der Waals surface area contributed by atoms with E-state index < -0.39 is 0 Å². The number of para-hydroxylation sites is 1. The molecule has 1 rings (SSSR count). The summed E-state index contributed by atoms with van der Waals surface area (Å²) in [6.45, 7) is 7.66. The molecule has 0 aromatic heterocycles. The molecule has 0 fully saturated rings. The van der Waals surface area contributed by atoms with Gasteiger partial charge in [-0.15, -0.1) is 0 Å². The lowest BCUT2D eigenvalue weighted by atomic mass is 10.1. The highest BCUT2D eigenvalue weighted by Crippen LogP contribution is 2.20. The van der Waals surface area contributed by atoms with E-state index in [4.69, 9.17) is 0 Å². The zero-order valence-corrected chi connectivity index (χ0v) is 10.8. The summed E-state index contributed by atoms with van der Waals surface area (Å²) < 4.78 is 0. The molecule has 0 aliphatic heterocycles. The summed E-state index contributed by atoms with van der Waals surface area (Å²) >= 11 is 0. The fraction of sp³-hybridized carbons (Fsp3) is 0.571. The highest BCUT2D eigenvalue weighted by Gasteiger charge is 2.07. The maximum Gasteiger partial charge on any atom is 0.0411 e. The van der Waals surface area contributed by atoms with Crippen molar-refractivity contribution in [1.82, 2.24) is 5.32 Å². The molecule has 2 nitrogen and oxygen atoms in total. The van der Waals surface area contributed by atoms with Crippen molar-refractivity contribution in [2.45, 2.75) is 33.2 Å². The van der Waals surface area contributed by atoms with Crippen LogP contribution in [0, 0.1) is 0 Å². The molecular formula is C14H24N2. The van der Waals surface area contributed by atoms with Crippen molar-refractivity contribution >= 4 is 5.69 Å². The number of hydrogen-bond donors (Lipinski definition) is 1. The minimum absolute atomic E-state index is 0.943. The number of anilines is 1. The van der Waals surface area contributed by atoms with E-state index in [1.807, 2.05) is 7.05 Å². The van der Waals surface area contributed by atoms with Crippen molar-refractivity contribution in [2.24, 2.45) is 0 Å². The number of unbranched alkanes of at least 4 members (excludes halogenated alkanes) is 1. The lowest BCUT2D eigenvalue weighted by Gasteiger charge is -2.25. The van der Waals surface area contributed by atoms with Gasteiger partial charge in [-0.25, -0.2) is 0 Å². The van der Waals surface area contributed by atoms with Crippen LogP contribution in [-0.2, 0) is 6.54 Å². The molecule has 90 valence electrons. The fourth-order valence-corrected chi connectivity index (χ4v) is 1.96. The monoisotopic (exact) mass is 220 g/mol. The van der Waals surface area contributed by atoms with Crippen LogP contribution >= 0.6 is 0 Å². The minimum Gasteiger partial charge on any atom is -0.372 e. The van der Waals surface area contributed by atoms with E-state index in [0.29, 0.717) is 0 Å². The third kappa shape index (κ3) is 3.53. The molecule has 0 unspecified atom stereocenters. The van der Waals surface area contributed by atoms with Crippen LogP contribution in [0.4, 0.5) is 5.69 Å². The third-order valence-corrected chi connectivity index (χ3v) is 2.86. The van der Waals surface area contributed by atoms with Crippen molar-refractivity contribution < 1.29 is 0 Å². The van der Waals surface area contributed by atoms with Crippen LogP contribution < -0.4 is 10.2 Å². The predicted octanol–water partition coefficient (Wildman–Crippen LogP) is 3.03. The van der Waals surface area contributed by atoms with Crippen LogP contribution in [0.2, 0.25) is 0 Å². The average molecular weight is 220 g/mol. The summed E-state index contributed by atoms with van der Waals surface area (Å²) in [5.41, 5.74) is 2.77. The number of benzene rings is 1. The molecule has 2 heteroatoms. The van der Waals surface area contributed by atoms with E-state index in [2.05, 4.69) is 48.3 Å². The maximum absolute atomic E-state index is 3.23. The van der Waals surface area contributed by atoms with Gasteiger partial charge >= 0.3 is 0 Å². The van der Waals surface area contributed by atoms with E-state index in [1.54, 1.807) is 0 Å². The van der Waals surface area contributed by atoms with E-state index >= 15 is 0 Å². The van der Waals surface area contributed by atoms with Gasteiger partial charge < -0.3 is 10.2 Å². The molecule has 0 heterocycles. The summed E-state index contributed by atoms with van der Waals surface area (Å²) in [5.74, 6) is 0. The second-order valence-electron chi connectivity index (χ2n) is 4.09. The molecule has 0 bridgehead atoms. The third-order valence-electron chi connectivity index (χ3n) is 2.86. The fourth-order valence-electron chi connectivity index (χ4n) is 1.96. The maximum atomic E-state index is 3.23. The van der Waals surface area contributed by atoms with Crippen molar-refractivity contribution in [3.05, 3.63) is 29.8 Å². The number of hydrogen-bond acceptors (Lipinski definition) is 2. The Morgan fingerprint density at radius 1 is 1.19 bits per heavy atom. The van der Waals surface area contributed by atoms with Crippen molar-refractivity contribution in [2.75, 3.05) is 25.0 Å². The van der Waals surface area contributed by atoms with Crippen LogP contribution in [0.15, 0.2) is 24.3 Å². The Morgan fingerprint density at radius 2 is 1.94 bits per heavy atom. The van der Waals surface area contributed by atoms with Gasteiger partial charge in [-0.1, -0.05) is 31.5 Å². The van der Waals surface area contributed by atoms with Gasteiger partial charge in [0, 0.05) is 25.3 Å². The Bertz CT molecular complexity index is 297. The molecule has 1 N–H and O–H groups in total. The van der Waals surface area contributed by atoms with Crippen molar-refractivity contribution in [3.63, 3.8) is 0 Å². The number of nitrogens with one attached hydrogen (secondary N) is 1. The Balaban J connectivity index is 2.81. The minimum atomic E-state index is 0.943. The zero-order chi connectivity index (χ0) is 11.8. The second-order valence-corrected chi connectivity index (χ2v) is 4.09. The van der Waals surface area contributed by atoms with Crippen molar-refractivity contribution in [3.8, 4) is 0 Å². The molecule has 0 aliphatic rings. The van der Waals surface area contributed by atoms with E-state index in [1.165, 1.54) is 24.1 Å². The summed E-state index contributed by atoms with van der Waals surface area (Å²) in [4.78, 5) is 2.47. The van der Waals surface area contributed by atoms with Crippen LogP contribution in [0.3, 0.4) is 0 Å². The summed E-state index contributed by atoms with van der Waals surface area (Å²) in [5, 5.41) is 3.23. The van der Waals surface area contributed by atoms with Gasteiger partial charge in [0.2, 0.25) is 0 Å². The molecule has 0 saturated carbocycles. The topological polar surface area (TPSA) is 15.3 Å². The molecule has 0 atom stereocenters. The second kappa shape index (κ2) is 7.29. The molecule has 1 aromatic rings. The summed E-state index contributed by atoms with van der Waals surface area (Å²) in [7, 11) is 2.00. The van der Waals surface area contributed by atoms with Gasteiger partial charge in [0.15, 0.2) is 0 Å². The van der Waals surface area contributed by atoms with Crippen LogP contribution in [0.25, 0.3) is 0 Å². The van der Waals surface area contributed by atoms with E-state index in [9.17, 15) is 0 Å². The molecule has 0 radical (unpaired) electrons. The molecular weight excluding hydrogens is 196 g/mol. The zero-order valence-electron chi connectivity index (χ0n) is 10.8. The molecule has 0 spiro atoms. The Morgan fingerprint density at radius 3 is 2.56 bits per heavy atom. The van der Waals surface area contributed by atoms with Crippen LogP contribution in [0.5, 0.6) is 0 Å². The van der Waals surface area contributed by atoms with Gasteiger partial charge in [-0.2, -0.15) is 0 Å². The van der Waals surface area contributed by atoms with Gasteiger partial charge in [0.05, 0.1) is 0 Å². The molecule has 1 aromatic carbocycles. The van der Waals surface area contributed by atoms with Gasteiger partial charge in [-0.05, 0) is 32.0 Å². The van der Waals surface area contributed by atoms with Crippen LogP contribution in [-0.4, -0.2) is 20.1 Å². The molecule has 0 aliphatic carbocycles. The molecule has 16 heavy (non-hydrogen) atoms.